The van der Waals surface area contributed by atoms with Crippen molar-refractivity contribution in [2.45, 2.75) is 13.8 Å². The number of nitrogens with zero attached hydrogens (tertiary/aromatic N) is 2. The van der Waals surface area contributed by atoms with Crippen molar-refractivity contribution in [1.82, 2.24) is 9.38 Å². The van der Waals surface area contributed by atoms with Gasteiger partial charge in [0.15, 0.2) is 5.69 Å². The lowest BCUT2D eigenvalue weighted by molar-refractivity contribution is 0.101. The van der Waals surface area contributed by atoms with E-state index in [9.17, 15) is 9.59 Å². The molecule has 0 unspecified atom stereocenters. The number of amides is 2. The number of nitrogens with one attached hydrogen (secondary N) is 2. The van der Waals surface area contributed by atoms with Crippen LogP contribution in [0.25, 0.3) is 5.52 Å². The van der Waals surface area contributed by atoms with Gasteiger partial charge in [-0.15, -0.1) is 0 Å². The lowest BCUT2D eigenvalue weighted by Crippen LogP contribution is -2.16. The number of imidazole rings is 1. The van der Waals surface area contributed by atoms with Gasteiger partial charge in [0.1, 0.15) is 0 Å². The molecule has 0 aliphatic rings. The average molecular weight is 384 g/mol. The number of fused-ring (bicyclic) bond motifs is 1. The van der Waals surface area contributed by atoms with Crippen LogP contribution in [-0.2, 0) is 0 Å². The van der Waals surface area contributed by atoms with E-state index in [1.54, 1.807) is 22.7 Å². The lowest BCUT2D eigenvalue weighted by Gasteiger charge is -2.05. The molecule has 0 atom stereocenters. The normalized spacial score (nSPS) is 10.7. The number of aromatic nitrogens is 2. The molecule has 29 heavy (non-hydrogen) atoms. The monoisotopic (exact) mass is 384 g/mol. The Morgan fingerprint density at radius 2 is 1.55 bits per heavy atom. The summed E-state index contributed by atoms with van der Waals surface area (Å²) >= 11 is 0. The largest absolute Gasteiger partial charge is 0.321 e. The first-order valence-corrected chi connectivity index (χ1v) is 9.24. The first kappa shape index (κ1) is 18.4. The molecule has 0 saturated heterocycles. The number of aryl methyl sites for hydroxylation is 2. The number of anilines is 2. The molecule has 2 N–H and O–H groups in total. The number of pyridine rings is 1. The summed E-state index contributed by atoms with van der Waals surface area (Å²) in [6.07, 6.45) is 1.72. The van der Waals surface area contributed by atoms with Crippen molar-refractivity contribution in [1.29, 1.82) is 0 Å². The Bertz CT molecular complexity index is 1210. The van der Waals surface area contributed by atoms with E-state index in [2.05, 4.69) is 15.6 Å². The fraction of sp³-hybridized carbons (Fsp3) is 0.0870. The molecule has 6 nitrogen and oxygen atoms in total. The zero-order valence-corrected chi connectivity index (χ0v) is 16.1. The SMILES string of the molecule is Cc1ccc(NC(=O)c2nc(C(=O)Nc3cccc(C)c3)n3ccccc23)cc1. The van der Waals surface area contributed by atoms with Crippen LogP contribution in [0.1, 0.15) is 32.2 Å². The van der Waals surface area contributed by atoms with Crippen LogP contribution in [-0.4, -0.2) is 21.2 Å². The summed E-state index contributed by atoms with van der Waals surface area (Å²) in [5.41, 5.74) is 4.24. The fourth-order valence-electron chi connectivity index (χ4n) is 3.10. The predicted octanol–water partition coefficient (Wildman–Crippen LogP) is 4.46. The molecule has 4 aromatic rings. The van der Waals surface area contributed by atoms with Crippen LogP contribution in [0.5, 0.6) is 0 Å². The summed E-state index contributed by atoms with van der Waals surface area (Å²) in [5.74, 6) is -0.602. The Morgan fingerprint density at radius 1 is 0.793 bits per heavy atom. The van der Waals surface area contributed by atoms with Gasteiger partial charge < -0.3 is 10.6 Å². The number of rotatable bonds is 4. The summed E-state index contributed by atoms with van der Waals surface area (Å²) in [6, 6.07) is 20.4. The molecule has 0 saturated carbocycles. The zero-order chi connectivity index (χ0) is 20.4. The van der Waals surface area contributed by atoms with Crippen LogP contribution < -0.4 is 10.6 Å². The van der Waals surface area contributed by atoms with E-state index < -0.39 is 0 Å². The second kappa shape index (κ2) is 7.59. The molecule has 2 amide bonds. The minimum atomic E-state index is -0.383. The van der Waals surface area contributed by atoms with Crippen molar-refractivity contribution >= 4 is 28.7 Å². The van der Waals surface area contributed by atoms with Crippen molar-refractivity contribution in [2.75, 3.05) is 10.6 Å². The highest BCUT2D eigenvalue weighted by molar-refractivity contribution is 6.10. The minimum Gasteiger partial charge on any atom is -0.321 e. The van der Waals surface area contributed by atoms with Gasteiger partial charge >= 0.3 is 0 Å². The van der Waals surface area contributed by atoms with E-state index in [0.29, 0.717) is 16.9 Å². The van der Waals surface area contributed by atoms with E-state index in [-0.39, 0.29) is 23.3 Å². The second-order valence-electron chi connectivity index (χ2n) is 6.88. The number of carbonyl (C=O) groups is 2. The third-order valence-electron chi connectivity index (χ3n) is 4.55. The van der Waals surface area contributed by atoms with Crippen molar-refractivity contribution in [3.63, 3.8) is 0 Å². The van der Waals surface area contributed by atoms with Crippen LogP contribution in [0.3, 0.4) is 0 Å². The van der Waals surface area contributed by atoms with Gasteiger partial charge in [0.05, 0.1) is 5.52 Å². The van der Waals surface area contributed by atoms with Crippen LogP contribution in [0.15, 0.2) is 72.9 Å². The van der Waals surface area contributed by atoms with Gasteiger partial charge in [0, 0.05) is 17.6 Å². The van der Waals surface area contributed by atoms with Gasteiger partial charge in [-0.25, -0.2) is 4.98 Å². The van der Waals surface area contributed by atoms with Gasteiger partial charge in [0.25, 0.3) is 11.8 Å². The van der Waals surface area contributed by atoms with Gasteiger partial charge in [-0.05, 0) is 55.8 Å². The van der Waals surface area contributed by atoms with Gasteiger partial charge in [-0.3, -0.25) is 14.0 Å². The highest BCUT2D eigenvalue weighted by Gasteiger charge is 2.21. The lowest BCUT2D eigenvalue weighted by atomic mass is 10.2. The standard InChI is InChI=1S/C23H20N4O2/c1-15-9-11-17(12-10-15)24-22(28)20-19-8-3-4-13-27(19)21(26-20)23(29)25-18-7-5-6-16(2)14-18/h3-14H,1-2H3,(H,24,28)(H,25,29). The smallest absolute Gasteiger partial charge is 0.292 e. The van der Waals surface area contributed by atoms with E-state index in [0.717, 1.165) is 11.1 Å². The first-order valence-electron chi connectivity index (χ1n) is 9.24. The molecule has 0 fully saturated rings. The fourth-order valence-corrected chi connectivity index (χ4v) is 3.10. The first-order chi connectivity index (χ1) is 14.0. The maximum Gasteiger partial charge on any atom is 0.292 e. The number of carbonyl (C=O) groups excluding carboxylic acids is 2. The van der Waals surface area contributed by atoms with Crippen LogP contribution in [0.2, 0.25) is 0 Å². The molecule has 0 spiro atoms. The summed E-state index contributed by atoms with van der Waals surface area (Å²) < 4.78 is 1.62. The topological polar surface area (TPSA) is 75.5 Å². The molecule has 0 bridgehead atoms. The quantitative estimate of drug-likeness (QED) is 0.546. The molecule has 2 aromatic carbocycles. The van der Waals surface area contributed by atoms with Gasteiger partial charge in [-0.1, -0.05) is 35.9 Å². The van der Waals surface area contributed by atoms with Crippen molar-refractivity contribution in [2.24, 2.45) is 0 Å². The van der Waals surface area contributed by atoms with Gasteiger partial charge in [0.2, 0.25) is 5.82 Å². The Morgan fingerprint density at radius 3 is 2.31 bits per heavy atom. The Hall–Kier alpha value is -3.93. The minimum absolute atomic E-state index is 0.149. The summed E-state index contributed by atoms with van der Waals surface area (Å²) in [5, 5.41) is 5.69. The van der Waals surface area contributed by atoms with E-state index in [1.165, 1.54) is 0 Å². The Balaban J connectivity index is 1.66. The van der Waals surface area contributed by atoms with Crippen molar-refractivity contribution in [3.8, 4) is 0 Å². The molecule has 0 radical (unpaired) electrons. The Kier molecular flexibility index (Phi) is 4.83. The molecule has 6 heteroatoms. The highest BCUT2D eigenvalue weighted by Crippen LogP contribution is 2.18. The van der Waals surface area contributed by atoms with Crippen LogP contribution in [0.4, 0.5) is 11.4 Å². The highest BCUT2D eigenvalue weighted by atomic mass is 16.2. The van der Waals surface area contributed by atoms with Crippen LogP contribution in [0, 0.1) is 13.8 Å². The molecule has 144 valence electrons. The molecule has 2 aromatic heterocycles. The molecular weight excluding hydrogens is 364 g/mol. The van der Waals surface area contributed by atoms with E-state index in [4.69, 9.17) is 0 Å². The number of benzene rings is 2. The maximum atomic E-state index is 12.8. The average Bonchev–Trinajstić information content (AvgIpc) is 3.10. The predicted molar refractivity (Wildman–Crippen MR) is 113 cm³/mol. The molecular formula is C23H20N4O2. The molecule has 0 aliphatic carbocycles. The number of hydrogen-bond acceptors (Lipinski definition) is 3. The van der Waals surface area contributed by atoms with E-state index >= 15 is 0 Å². The Labute approximate surface area is 168 Å². The van der Waals surface area contributed by atoms with Crippen molar-refractivity contribution in [3.05, 3.63) is 95.6 Å². The molecule has 4 rings (SSSR count). The summed E-state index contributed by atoms with van der Waals surface area (Å²) in [6.45, 7) is 3.93. The molecule has 0 aliphatic heterocycles. The second-order valence-corrected chi connectivity index (χ2v) is 6.88. The van der Waals surface area contributed by atoms with E-state index in [1.807, 2.05) is 68.4 Å². The third kappa shape index (κ3) is 3.87. The maximum absolute atomic E-state index is 12.8. The number of hydrogen-bond donors (Lipinski definition) is 2. The van der Waals surface area contributed by atoms with Crippen molar-refractivity contribution < 1.29 is 9.59 Å². The van der Waals surface area contributed by atoms with Crippen LogP contribution >= 0.6 is 0 Å². The summed E-state index contributed by atoms with van der Waals surface area (Å²) in [7, 11) is 0. The van der Waals surface area contributed by atoms with Gasteiger partial charge in [-0.2, -0.15) is 0 Å². The zero-order valence-electron chi connectivity index (χ0n) is 16.1. The third-order valence-corrected chi connectivity index (χ3v) is 4.55. The molecule has 2 heterocycles. The summed E-state index contributed by atoms with van der Waals surface area (Å²) in [4.78, 5) is 30.0.